The maximum Gasteiger partial charge on any atom is 0.164 e. The molecule has 0 bridgehead atoms. The zero-order chi connectivity index (χ0) is 10.8. The van der Waals surface area contributed by atoms with Crippen molar-refractivity contribution in [2.75, 3.05) is 12.4 Å². The molecule has 0 aliphatic carbocycles. The van der Waals surface area contributed by atoms with Gasteiger partial charge in [-0.1, -0.05) is 0 Å². The number of aromatic nitrogens is 4. The van der Waals surface area contributed by atoms with Gasteiger partial charge in [0.2, 0.25) is 0 Å². The van der Waals surface area contributed by atoms with E-state index in [0.29, 0.717) is 5.82 Å². The molecule has 78 valence electrons. The molecule has 0 saturated heterocycles. The van der Waals surface area contributed by atoms with Crippen LogP contribution in [0.15, 0.2) is 18.5 Å². The lowest BCUT2D eigenvalue weighted by atomic mass is 10.2. The van der Waals surface area contributed by atoms with E-state index in [-0.39, 0.29) is 0 Å². The molecule has 0 amide bonds. The van der Waals surface area contributed by atoms with E-state index in [1.165, 1.54) is 0 Å². The van der Waals surface area contributed by atoms with Crippen LogP contribution in [0.2, 0.25) is 0 Å². The van der Waals surface area contributed by atoms with Gasteiger partial charge in [-0.3, -0.25) is 4.68 Å². The first kappa shape index (κ1) is 9.64. The van der Waals surface area contributed by atoms with Gasteiger partial charge < -0.3 is 5.32 Å². The Balaban J connectivity index is 2.49. The number of nitrogens with one attached hydrogen (secondary N) is 1. The molecule has 1 N–H and O–H groups in total. The highest BCUT2D eigenvalue weighted by Gasteiger charge is 2.09. The Labute approximate surface area is 88.2 Å². The maximum absolute atomic E-state index is 4.36. The van der Waals surface area contributed by atoms with Crippen molar-refractivity contribution in [2.24, 2.45) is 7.05 Å². The van der Waals surface area contributed by atoms with Crippen LogP contribution >= 0.6 is 0 Å². The van der Waals surface area contributed by atoms with E-state index in [9.17, 15) is 0 Å². The Bertz CT molecular complexity index is 474. The van der Waals surface area contributed by atoms with Crippen molar-refractivity contribution in [1.82, 2.24) is 19.7 Å². The van der Waals surface area contributed by atoms with Gasteiger partial charge in [0.15, 0.2) is 5.82 Å². The fourth-order valence-electron chi connectivity index (χ4n) is 1.35. The van der Waals surface area contributed by atoms with Gasteiger partial charge in [0.1, 0.15) is 5.82 Å². The molecule has 2 rings (SSSR count). The molecule has 0 aliphatic heterocycles. The van der Waals surface area contributed by atoms with E-state index in [1.807, 2.05) is 31.8 Å². The summed E-state index contributed by atoms with van der Waals surface area (Å²) in [5.74, 6) is 1.51. The highest BCUT2D eigenvalue weighted by molar-refractivity contribution is 5.58. The van der Waals surface area contributed by atoms with Gasteiger partial charge in [-0.05, 0) is 13.0 Å². The van der Waals surface area contributed by atoms with Gasteiger partial charge in [-0.15, -0.1) is 0 Å². The summed E-state index contributed by atoms with van der Waals surface area (Å²) in [5, 5.41) is 7.15. The Hall–Kier alpha value is -1.91. The van der Waals surface area contributed by atoms with E-state index in [0.717, 1.165) is 17.1 Å². The van der Waals surface area contributed by atoms with Crippen LogP contribution in [0, 0.1) is 6.92 Å². The topological polar surface area (TPSA) is 55.6 Å². The molecule has 0 aromatic carbocycles. The molecule has 0 unspecified atom stereocenters. The first-order valence-corrected chi connectivity index (χ1v) is 4.72. The van der Waals surface area contributed by atoms with Gasteiger partial charge in [-0.2, -0.15) is 5.10 Å². The second-order valence-corrected chi connectivity index (χ2v) is 3.28. The predicted molar refractivity (Wildman–Crippen MR) is 58.5 cm³/mol. The third kappa shape index (κ3) is 1.68. The molecule has 5 nitrogen and oxygen atoms in total. The molecular formula is C10H13N5. The van der Waals surface area contributed by atoms with E-state index in [4.69, 9.17) is 0 Å². The first-order chi connectivity index (χ1) is 7.22. The SMILES string of the molecule is CNc1ccnc(-c2cnn(C)c2C)n1. The average molecular weight is 203 g/mol. The molecule has 0 aliphatic rings. The standard InChI is InChI=1S/C10H13N5/c1-7-8(6-13-15(7)3)10-12-5-4-9(11-2)14-10/h4-6H,1-3H3,(H,11,12,14). The highest BCUT2D eigenvalue weighted by atomic mass is 15.3. The van der Waals surface area contributed by atoms with Crippen LogP contribution in [-0.2, 0) is 7.05 Å². The number of rotatable bonds is 2. The number of anilines is 1. The summed E-state index contributed by atoms with van der Waals surface area (Å²) in [5.41, 5.74) is 2.03. The zero-order valence-corrected chi connectivity index (χ0v) is 9.02. The minimum Gasteiger partial charge on any atom is -0.373 e. The second kappa shape index (κ2) is 3.68. The Kier molecular flexibility index (Phi) is 2.37. The number of hydrogen-bond acceptors (Lipinski definition) is 4. The van der Waals surface area contributed by atoms with Gasteiger partial charge >= 0.3 is 0 Å². The van der Waals surface area contributed by atoms with E-state index in [1.54, 1.807) is 12.4 Å². The molecule has 2 aromatic rings. The quantitative estimate of drug-likeness (QED) is 0.797. The average Bonchev–Trinajstić information content (AvgIpc) is 2.60. The summed E-state index contributed by atoms with van der Waals surface area (Å²) in [7, 11) is 3.74. The predicted octanol–water partition coefficient (Wildman–Crippen LogP) is 1.23. The van der Waals surface area contributed by atoms with Gasteiger partial charge in [0, 0.05) is 26.0 Å². The van der Waals surface area contributed by atoms with Crippen LogP contribution in [0.4, 0.5) is 5.82 Å². The summed E-state index contributed by atoms with van der Waals surface area (Å²) >= 11 is 0. The number of nitrogens with zero attached hydrogens (tertiary/aromatic N) is 4. The number of aryl methyl sites for hydroxylation is 1. The van der Waals surface area contributed by atoms with Crippen molar-refractivity contribution in [2.45, 2.75) is 6.92 Å². The molecule has 0 atom stereocenters. The number of hydrogen-bond donors (Lipinski definition) is 1. The van der Waals surface area contributed by atoms with Crippen molar-refractivity contribution >= 4 is 5.82 Å². The first-order valence-electron chi connectivity index (χ1n) is 4.72. The Morgan fingerprint density at radius 1 is 1.40 bits per heavy atom. The molecule has 15 heavy (non-hydrogen) atoms. The normalized spacial score (nSPS) is 10.3. The maximum atomic E-state index is 4.36. The van der Waals surface area contributed by atoms with E-state index in [2.05, 4.69) is 20.4 Å². The summed E-state index contributed by atoms with van der Waals surface area (Å²) in [6.07, 6.45) is 3.52. The van der Waals surface area contributed by atoms with Crippen LogP contribution in [0.1, 0.15) is 5.69 Å². The van der Waals surface area contributed by atoms with Gasteiger partial charge in [-0.25, -0.2) is 9.97 Å². The minimum absolute atomic E-state index is 0.701. The molecule has 0 spiro atoms. The van der Waals surface area contributed by atoms with E-state index < -0.39 is 0 Å². The molecule has 2 heterocycles. The largest absolute Gasteiger partial charge is 0.373 e. The lowest BCUT2D eigenvalue weighted by Gasteiger charge is -2.02. The van der Waals surface area contributed by atoms with Crippen molar-refractivity contribution in [3.63, 3.8) is 0 Å². The third-order valence-electron chi connectivity index (χ3n) is 2.39. The highest BCUT2D eigenvalue weighted by Crippen LogP contribution is 2.19. The molecule has 5 heteroatoms. The lowest BCUT2D eigenvalue weighted by Crippen LogP contribution is -1.97. The summed E-state index contributed by atoms with van der Waals surface area (Å²) in [6, 6.07) is 1.83. The van der Waals surface area contributed by atoms with Crippen LogP contribution in [0.3, 0.4) is 0 Å². The molecular weight excluding hydrogens is 190 g/mol. The third-order valence-corrected chi connectivity index (χ3v) is 2.39. The Morgan fingerprint density at radius 3 is 2.80 bits per heavy atom. The van der Waals surface area contributed by atoms with Gasteiger partial charge in [0.05, 0.1) is 11.8 Å². The lowest BCUT2D eigenvalue weighted by molar-refractivity contribution is 0.740. The monoisotopic (exact) mass is 203 g/mol. The second-order valence-electron chi connectivity index (χ2n) is 3.28. The van der Waals surface area contributed by atoms with Crippen LogP contribution in [0.25, 0.3) is 11.4 Å². The molecule has 0 fully saturated rings. The van der Waals surface area contributed by atoms with Crippen LogP contribution in [-0.4, -0.2) is 26.8 Å². The summed E-state index contributed by atoms with van der Waals surface area (Å²) in [4.78, 5) is 8.59. The fourth-order valence-corrected chi connectivity index (χ4v) is 1.35. The van der Waals surface area contributed by atoms with Gasteiger partial charge in [0.25, 0.3) is 0 Å². The fraction of sp³-hybridized carbons (Fsp3) is 0.300. The van der Waals surface area contributed by atoms with Crippen LogP contribution < -0.4 is 5.32 Å². The summed E-state index contributed by atoms with van der Waals surface area (Å²) < 4.78 is 1.81. The molecule has 0 radical (unpaired) electrons. The van der Waals surface area contributed by atoms with Crippen LogP contribution in [0.5, 0.6) is 0 Å². The van der Waals surface area contributed by atoms with Crippen molar-refractivity contribution in [1.29, 1.82) is 0 Å². The van der Waals surface area contributed by atoms with Crippen molar-refractivity contribution in [3.05, 3.63) is 24.2 Å². The zero-order valence-electron chi connectivity index (χ0n) is 9.02. The van der Waals surface area contributed by atoms with Crippen molar-refractivity contribution < 1.29 is 0 Å². The van der Waals surface area contributed by atoms with Crippen molar-refractivity contribution in [3.8, 4) is 11.4 Å². The molecule has 0 saturated carbocycles. The Morgan fingerprint density at radius 2 is 2.20 bits per heavy atom. The van der Waals surface area contributed by atoms with E-state index >= 15 is 0 Å². The summed E-state index contributed by atoms with van der Waals surface area (Å²) in [6.45, 7) is 2.00. The molecule has 2 aromatic heterocycles. The smallest absolute Gasteiger partial charge is 0.164 e. The minimum atomic E-state index is 0.701.